The lowest BCUT2D eigenvalue weighted by molar-refractivity contribution is 0.162. The van der Waals surface area contributed by atoms with Gasteiger partial charge in [0.25, 0.3) is 0 Å². The molecule has 1 nitrogen and oxygen atoms in total. The molecular formula is C17H28O. The molecule has 102 valence electrons. The molecule has 0 amide bonds. The van der Waals surface area contributed by atoms with Crippen molar-refractivity contribution >= 4 is 6.08 Å². The summed E-state index contributed by atoms with van der Waals surface area (Å²) in [6.45, 7) is 15.4. The van der Waals surface area contributed by atoms with Gasteiger partial charge in [0, 0.05) is 13.2 Å². The summed E-state index contributed by atoms with van der Waals surface area (Å²) in [5.41, 5.74) is 2.55. The van der Waals surface area contributed by atoms with Crippen molar-refractivity contribution in [3.8, 4) is 0 Å². The standard InChI is InChI=1S/C11H12.C4H10O.C2H6/c1-3-4-8-11-9-6-5-7-10(11)2;1-3-5-4-2;1-2/h3-9H,1H2,2H3;3-4H2,1-2H3;1-2H3/b8-4-;;. The van der Waals surface area contributed by atoms with Gasteiger partial charge in [-0.3, -0.25) is 0 Å². The van der Waals surface area contributed by atoms with Gasteiger partial charge in [0.2, 0.25) is 0 Å². The fourth-order valence-electron chi connectivity index (χ4n) is 1.15. The molecule has 0 heterocycles. The van der Waals surface area contributed by atoms with Crippen LogP contribution >= 0.6 is 0 Å². The van der Waals surface area contributed by atoms with Crippen LogP contribution in [0.3, 0.4) is 0 Å². The second-order valence-corrected chi connectivity index (χ2v) is 3.23. The number of benzene rings is 1. The van der Waals surface area contributed by atoms with E-state index < -0.39 is 0 Å². The first-order valence-corrected chi connectivity index (χ1v) is 6.68. The van der Waals surface area contributed by atoms with Crippen LogP contribution < -0.4 is 0 Å². The van der Waals surface area contributed by atoms with Crippen molar-refractivity contribution in [3.05, 3.63) is 54.1 Å². The van der Waals surface area contributed by atoms with E-state index in [1.54, 1.807) is 6.08 Å². The fourth-order valence-corrected chi connectivity index (χ4v) is 1.15. The van der Waals surface area contributed by atoms with Crippen molar-refractivity contribution < 1.29 is 4.74 Å². The zero-order chi connectivity index (χ0) is 14.2. The second-order valence-electron chi connectivity index (χ2n) is 3.23. The first kappa shape index (κ1) is 19.0. The third kappa shape index (κ3) is 11.2. The molecule has 0 saturated carbocycles. The van der Waals surface area contributed by atoms with Crippen LogP contribution in [0, 0.1) is 6.92 Å². The van der Waals surface area contributed by atoms with E-state index in [-0.39, 0.29) is 0 Å². The summed E-state index contributed by atoms with van der Waals surface area (Å²) < 4.78 is 4.83. The Balaban J connectivity index is 0. The predicted octanol–water partition coefficient (Wildman–Crippen LogP) is 5.26. The number of ether oxygens (including phenoxy) is 1. The summed E-state index contributed by atoms with van der Waals surface area (Å²) >= 11 is 0. The van der Waals surface area contributed by atoms with Crippen molar-refractivity contribution in [2.45, 2.75) is 34.6 Å². The minimum absolute atomic E-state index is 0.844. The molecule has 1 heteroatoms. The van der Waals surface area contributed by atoms with E-state index >= 15 is 0 Å². The summed E-state index contributed by atoms with van der Waals surface area (Å²) in [7, 11) is 0. The molecule has 1 aromatic rings. The quantitative estimate of drug-likeness (QED) is 0.660. The van der Waals surface area contributed by atoms with Crippen LogP contribution in [0.25, 0.3) is 6.08 Å². The molecule has 1 rings (SSSR count). The Hall–Kier alpha value is -1.34. The van der Waals surface area contributed by atoms with Gasteiger partial charge in [-0.15, -0.1) is 0 Å². The van der Waals surface area contributed by atoms with E-state index in [1.807, 2.05) is 45.9 Å². The minimum Gasteiger partial charge on any atom is -0.382 e. The zero-order valence-corrected chi connectivity index (χ0v) is 12.6. The second kappa shape index (κ2) is 15.7. The lowest BCUT2D eigenvalue weighted by Crippen LogP contribution is -1.84. The average Bonchev–Trinajstić information content (AvgIpc) is 2.42. The van der Waals surface area contributed by atoms with Crippen LogP contribution in [-0.4, -0.2) is 13.2 Å². The summed E-state index contributed by atoms with van der Waals surface area (Å²) in [5.74, 6) is 0. The third-order valence-electron chi connectivity index (χ3n) is 2.01. The van der Waals surface area contributed by atoms with Crippen molar-refractivity contribution in [2.24, 2.45) is 0 Å². The van der Waals surface area contributed by atoms with Gasteiger partial charge in [-0.05, 0) is 31.9 Å². The number of rotatable bonds is 4. The van der Waals surface area contributed by atoms with E-state index in [2.05, 4.69) is 31.7 Å². The maximum Gasteiger partial charge on any atom is 0.0437 e. The molecule has 0 aliphatic rings. The van der Waals surface area contributed by atoms with Gasteiger partial charge in [0.05, 0.1) is 0 Å². The normalized spacial score (nSPS) is 8.94. The SMILES string of the molecule is C=C/C=C\c1ccccc1C.CC.CCOCC. The Morgan fingerprint density at radius 2 is 1.67 bits per heavy atom. The van der Waals surface area contributed by atoms with E-state index in [4.69, 9.17) is 4.74 Å². The maximum atomic E-state index is 4.83. The van der Waals surface area contributed by atoms with Crippen molar-refractivity contribution in [1.29, 1.82) is 0 Å². The monoisotopic (exact) mass is 248 g/mol. The fraction of sp³-hybridized carbons (Fsp3) is 0.412. The highest BCUT2D eigenvalue weighted by molar-refractivity contribution is 5.54. The molecule has 18 heavy (non-hydrogen) atoms. The maximum absolute atomic E-state index is 4.83. The number of allylic oxidation sites excluding steroid dienone is 2. The Kier molecular flexibility index (Phi) is 16.5. The highest BCUT2D eigenvalue weighted by Gasteiger charge is 1.88. The lowest BCUT2D eigenvalue weighted by atomic mass is 10.1. The zero-order valence-electron chi connectivity index (χ0n) is 12.6. The molecule has 0 aliphatic carbocycles. The highest BCUT2D eigenvalue weighted by atomic mass is 16.5. The molecule has 0 atom stereocenters. The van der Waals surface area contributed by atoms with E-state index in [9.17, 15) is 0 Å². The van der Waals surface area contributed by atoms with Gasteiger partial charge in [0.1, 0.15) is 0 Å². The van der Waals surface area contributed by atoms with Crippen LogP contribution in [0.2, 0.25) is 0 Å². The molecule has 0 saturated heterocycles. The van der Waals surface area contributed by atoms with Crippen molar-refractivity contribution in [1.82, 2.24) is 0 Å². The first-order chi connectivity index (χ1) is 8.76. The minimum atomic E-state index is 0.844. The molecule has 0 unspecified atom stereocenters. The van der Waals surface area contributed by atoms with Gasteiger partial charge in [-0.25, -0.2) is 0 Å². The molecule has 1 aromatic carbocycles. The summed E-state index contributed by atoms with van der Waals surface area (Å²) in [4.78, 5) is 0. The Labute approximate surface area is 113 Å². The largest absolute Gasteiger partial charge is 0.382 e. The van der Waals surface area contributed by atoms with Crippen LogP contribution in [0.1, 0.15) is 38.8 Å². The van der Waals surface area contributed by atoms with Gasteiger partial charge in [-0.2, -0.15) is 0 Å². The van der Waals surface area contributed by atoms with Crippen molar-refractivity contribution in [2.75, 3.05) is 13.2 Å². The summed E-state index contributed by atoms with van der Waals surface area (Å²) in [6.07, 6.45) is 5.79. The number of hydrogen-bond donors (Lipinski definition) is 0. The smallest absolute Gasteiger partial charge is 0.0437 e. The third-order valence-corrected chi connectivity index (χ3v) is 2.01. The highest BCUT2D eigenvalue weighted by Crippen LogP contribution is 2.08. The van der Waals surface area contributed by atoms with Crippen molar-refractivity contribution in [3.63, 3.8) is 0 Å². The molecule has 0 N–H and O–H groups in total. The lowest BCUT2D eigenvalue weighted by Gasteiger charge is -1.96. The van der Waals surface area contributed by atoms with Gasteiger partial charge in [0.15, 0.2) is 0 Å². The summed E-state index contributed by atoms with van der Waals surface area (Å²) in [6, 6.07) is 8.27. The first-order valence-electron chi connectivity index (χ1n) is 6.68. The van der Waals surface area contributed by atoms with E-state index in [1.165, 1.54) is 11.1 Å². The van der Waals surface area contributed by atoms with E-state index in [0.29, 0.717) is 0 Å². The Morgan fingerprint density at radius 1 is 1.11 bits per heavy atom. The summed E-state index contributed by atoms with van der Waals surface area (Å²) in [5, 5.41) is 0. The molecular weight excluding hydrogens is 220 g/mol. The number of aryl methyl sites for hydroxylation is 1. The van der Waals surface area contributed by atoms with Gasteiger partial charge < -0.3 is 4.74 Å². The topological polar surface area (TPSA) is 9.23 Å². The van der Waals surface area contributed by atoms with Crippen LogP contribution in [0.15, 0.2) is 43.0 Å². The van der Waals surface area contributed by atoms with Gasteiger partial charge in [-0.1, -0.05) is 62.9 Å². The predicted molar refractivity (Wildman–Crippen MR) is 83.9 cm³/mol. The molecule has 0 radical (unpaired) electrons. The van der Waals surface area contributed by atoms with Gasteiger partial charge >= 0.3 is 0 Å². The molecule has 0 aliphatic heterocycles. The number of hydrogen-bond acceptors (Lipinski definition) is 1. The van der Waals surface area contributed by atoms with Crippen LogP contribution in [0.4, 0.5) is 0 Å². The molecule has 0 spiro atoms. The molecule has 0 fully saturated rings. The molecule has 0 bridgehead atoms. The Bertz CT molecular complexity index is 311. The van der Waals surface area contributed by atoms with Crippen LogP contribution in [-0.2, 0) is 4.74 Å². The van der Waals surface area contributed by atoms with Crippen LogP contribution in [0.5, 0.6) is 0 Å². The van der Waals surface area contributed by atoms with E-state index in [0.717, 1.165) is 13.2 Å². The average molecular weight is 248 g/mol. The molecule has 0 aromatic heterocycles. The Morgan fingerprint density at radius 3 is 2.06 bits per heavy atom.